The molecule has 8 nitrogen and oxygen atoms in total. The summed E-state index contributed by atoms with van der Waals surface area (Å²) in [6, 6.07) is 8.51. The van der Waals surface area contributed by atoms with E-state index < -0.39 is 48.3 Å². The van der Waals surface area contributed by atoms with Crippen LogP contribution in [0.5, 0.6) is 0 Å². The highest BCUT2D eigenvalue weighted by Crippen LogP contribution is 2.28. The molecule has 1 atom stereocenters. The Bertz CT molecular complexity index is 1380. The summed E-state index contributed by atoms with van der Waals surface area (Å²) in [4.78, 5) is 53.1. The minimum atomic E-state index is -4.55. The van der Waals surface area contributed by atoms with E-state index >= 15 is 0 Å². The second kappa shape index (κ2) is 8.76. The number of benzene rings is 2. The number of H-pyrrole nitrogens is 1. The zero-order chi connectivity index (χ0) is 24.6. The fraction of sp³-hybridized carbons (Fsp3) is 0.273. The fourth-order valence-electron chi connectivity index (χ4n) is 4.03. The van der Waals surface area contributed by atoms with Gasteiger partial charge in [0.2, 0.25) is 5.91 Å². The summed E-state index contributed by atoms with van der Waals surface area (Å²) in [5, 5.41) is 0.169. The number of nitrogens with zero attached hydrogens (tertiary/aromatic N) is 3. The number of aromatic amines is 1. The first kappa shape index (κ1) is 23.2. The minimum Gasteiger partial charge on any atom is -0.358 e. The van der Waals surface area contributed by atoms with Gasteiger partial charge in [-0.1, -0.05) is 18.2 Å². The average molecular weight is 478 g/mol. The summed E-state index contributed by atoms with van der Waals surface area (Å²) >= 11 is 0. The van der Waals surface area contributed by atoms with Crippen molar-refractivity contribution in [2.75, 3.05) is 31.1 Å². The lowest BCUT2D eigenvalue weighted by Gasteiger charge is -2.36. The van der Waals surface area contributed by atoms with Gasteiger partial charge in [-0.15, -0.1) is 0 Å². The first-order valence-corrected chi connectivity index (χ1v) is 10.2. The number of hydrogen-bond donors (Lipinski definition) is 1. The minimum absolute atomic E-state index is 0.0600. The molecule has 0 aliphatic carbocycles. The quantitative estimate of drug-likeness (QED) is 0.446. The summed E-state index contributed by atoms with van der Waals surface area (Å²) in [6.07, 6.45) is -4.09. The Hall–Kier alpha value is -3.96. The third-order valence-corrected chi connectivity index (χ3v) is 5.60. The third-order valence-electron chi connectivity index (χ3n) is 5.60. The summed E-state index contributed by atoms with van der Waals surface area (Å²) in [7, 11) is 0. The van der Waals surface area contributed by atoms with Gasteiger partial charge >= 0.3 is 11.9 Å². The van der Waals surface area contributed by atoms with Crippen molar-refractivity contribution in [2.24, 2.45) is 0 Å². The topological polar surface area (TPSA) is 95.5 Å². The van der Waals surface area contributed by atoms with Crippen LogP contribution in [0, 0.1) is 5.82 Å². The second-order valence-electron chi connectivity index (χ2n) is 7.79. The van der Waals surface area contributed by atoms with E-state index in [0.29, 0.717) is 11.2 Å². The van der Waals surface area contributed by atoms with Crippen LogP contribution >= 0.6 is 0 Å². The molecule has 0 bridgehead atoms. The second-order valence-corrected chi connectivity index (χ2v) is 7.79. The van der Waals surface area contributed by atoms with Gasteiger partial charge in [-0.2, -0.15) is 13.2 Å². The van der Waals surface area contributed by atoms with Crippen LogP contribution in [0.3, 0.4) is 0 Å². The van der Waals surface area contributed by atoms with Crippen LogP contribution in [0.1, 0.15) is 11.6 Å². The highest BCUT2D eigenvalue weighted by atomic mass is 19.4. The van der Waals surface area contributed by atoms with Gasteiger partial charge in [0.15, 0.2) is 0 Å². The van der Waals surface area contributed by atoms with Gasteiger partial charge in [-0.25, -0.2) is 9.18 Å². The van der Waals surface area contributed by atoms with Crippen molar-refractivity contribution >= 4 is 28.8 Å². The number of rotatable bonds is 5. The molecule has 1 amide bonds. The summed E-state index contributed by atoms with van der Waals surface area (Å²) < 4.78 is 53.7. The van der Waals surface area contributed by atoms with Gasteiger partial charge in [-0.3, -0.25) is 19.1 Å². The largest absolute Gasteiger partial charge is 0.406 e. The molecule has 1 aromatic heterocycles. The molecule has 12 heteroatoms. The summed E-state index contributed by atoms with van der Waals surface area (Å²) in [5.41, 5.74) is -1.18. The molecule has 2 heterocycles. The number of alkyl halides is 3. The molecule has 2 aromatic carbocycles. The third kappa shape index (κ3) is 4.43. The summed E-state index contributed by atoms with van der Waals surface area (Å²) in [5.74, 6) is -1.56. The van der Waals surface area contributed by atoms with Crippen LogP contribution in [-0.2, 0) is 9.59 Å². The van der Waals surface area contributed by atoms with E-state index in [1.54, 1.807) is 12.1 Å². The van der Waals surface area contributed by atoms with E-state index in [1.165, 1.54) is 29.2 Å². The molecule has 1 aliphatic heterocycles. The van der Waals surface area contributed by atoms with Crippen molar-refractivity contribution in [3.63, 3.8) is 0 Å². The first-order valence-electron chi connectivity index (χ1n) is 10.2. The van der Waals surface area contributed by atoms with Gasteiger partial charge in [0.05, 0.1) is 23.1 Å². The maximum atomic E-state index is 14.7. The fourth-order valence-corrected chi connectivity index (χ4v) is 4.03. The van der Waals surface area contributed by atoms with Gasteiger partial charge in [-0.05, 0) is 29.8 Å². The van der Waals surface area contributed by atoms with E-state index in [9.17, 15) is 36.7 Å². The lowest BCUT2D eigenvalue weighted by Crippen LogP contribution is -2.53. The van der Waals surface area contributed by atoms with E-state index in [-0.39, 0.29) is 35.2 Å². The number of halogens is 4. The number of hydrogen-bond acceptors (Lipinski definition) is 5. The monoisotopic (exact) mass is 478 g/mol. The molecule has 1 saturated heterocycles. The van der Waals surface area contributed by atoms with Crippen molar-refractivity contribution in [2.45, 2.75) is 12.2 Å². The Morgan fingerprint density at radius 2 is 1.79 bits per heavy atom. The molecule has 1 aliphatic rings. The van der Waals surface area contributed by atoms with Crippen molar-refractivity contribution in [3.8, 4) is 0 Å². The van der Waals surface area contributed by atoms with Crippen LogP contribution in [0.4, 0.5) is 23.2 Å². The molecule has 1 unspecified atom stereocenters. The number of carbonyl (C=O) groups is 2. The lowest BCUT2D eigenvalue weighted by molar-refractivity contribution is -0.161. The molecule has 4 rings (SSSR count). The van der Waals surface area contributed by atoms with Gasteiger partial charge in [0, 0.05) is 13.1 Å². The molecule has 34 heavy (non-hydrogen) atoms. The number of aromatic nitrogens is 2. The molecule has 0 saturated carbocycles. The highest BCUT2D eigenvalue weighted by molar-refractivity contribution is 5.83. The van der Waals surface area contributed by atoms with Crippen molar-refractivity contribution in [1.29, 1.82) is 0 Å². The van der Waals surface area contributed by atoms with E-state index in [2.05, 4.69) is 4.98 Å². The van der Waals surface area contributed by atoms with Gasteiger partial charge in [0.25, 0.3) is 5.56 Å². The van der Waals surface area contributed by atoms with Crippen LogP contribution < -0.4 is 16.1 Å². The number of fused-ring (bicyclic) bond motifs is 1. The van der Waals surface area contributed by atoms with E-state index in [0.717, 1.165) is 10.6 Å². The molecular formula is C22H18F4N4O4. The number of carbonyl (C=O) groups excluding carboxylic acids is 2. The lowest BCUT2D eigenvalue weighted by atomic mass is 10.0. The molecule has 1 N–H and O–H groups in total. The Labute approximate surface area is 189 Å². The number of aldehydes is 1. The molecular weight excluding hydrogens is 460 g/mol. The Morgan fingerprint density at radius 3 is 2.47 bits per heavy atom. The number of para-hydroxylation sites is 1. The van der Waals surface area contributed by atoms with E-state index in [4.69, 9.17) is 0 Å². The standard InChI is InChI=1S/C22H18F4N4O4/c23-15-6-5-13(9-17(15)28-7-8-29(19(32)10-28)12-22(24,25)26)18(11-31)30-16-4-2-1-3-14(16)20(33)27-21(30)34/h1-6,9,11,18H,7-8,10,12H2,(H,27,33,34). The van der Waals surface area contributed by atoms with Gasteiger partial charge < -0.3 is 14.6 Å². The predicted molar refractivity (Wildman–Crippen MR) is 114 cm³/mol. The molecule has 0 spiro atoms. The zero-order valence-electron chi connectivity index (χ0n) is 17.5. The highest BCUT2D eigenvalue weighted by Gasteiger charge is 2.36. The summed E-state index contributed by atoms with van der Waals surface area (Å²) in [6.45, 7) is -2.19. The zero-order valence-corrected chi connectivity index (χ0v) is 17.5. The normalized spacial score (nSPS) is 15.6. The van der Waals surface area contributed by atoms with Crippen molar-refractivity contribution in [3.05, 3.63) is 74.7 Å². The SMILES string of the molecule is O=CC(c1ccc(F)c(N2CCN(CC(F)(F)F)C(=O)C2)c1)n1c(=O)[nH]c(=O)c2ccccc21. The van der Waals surface area contributed by atoms with Crippen molar-refractivity contribution in [1.82, 2.24) is 14.5 Å². The number of nitrogens with one attached hydrogen (secondary N) is 1. The van der Waals surface area contributed by atoms with Crippen LogP contribution in [0.25, 0.3) is 10.9 Å². The maximum absolute atomic E-state index is 14.7. The maximum Gasteiger partial charge on any atom is 0.406 e. The first-order chi connectivity index (χ1) is 16.1. The van der Waals surface area contributed by atoms with Gasteiger partial charge in [0.1, 0.15) is 24.7 Å². The predicted octanol–water partition coefficient (Wildman–Crippen LogP) is 1.83. The molecule has 0 radical (unpaired) electrons. The van der Waals surface area contributed by atoms with Crippen LogP contribution in [0.15, 0.2) is 52.1 Å². The molecule has 178 valence electrons. The van der Waals surface area contributed by atoms with Crippen LogP contribution in [0.2, 0.25) is 0 Å². The van der Waals surface area contributed by atoms with Crippen LogP contribution in [-0.4, -0.2) is 59.0 Å². The number of amides is 1. The molecule has 1 fully saturated rings. The van der Waals surface area contributed by atoms with Crippen molar-refractivity contribution < 1.29 is 27.2 Å². The molecule has 3 aromatic rings. The number of anilines is 1. The van der Waals surface area contributed by atoms with E-state index in [1.807, 2.05) is 0 Å². The smallest absolute Gasteiger partial charge is 0.358 e. The Kier molecular flexibility index (Phi) is 5.98. The Morgan fingerprint density at radius 1 is 1.06 bits per heavy atom. The number of piperazine rings is 1. The average Bonchev–Trinajstić information content (AvgIpc) is 2.78. The Balaban J connectivity index is 1.71.